The molecular weight excluding hydrogens is 320 g/mol. The lowest BCUT2D eigenvalue weighted by molar-refractivity contribution is 0.0739. The lowest BCUT2D eigenvalue weighted by Gasteiger charge is -2.34. The molecule has 25 heavy (non-hydrogen) atoms. The molecule has 0 radical (unpaired) electrons. The van der Waals surface area contributed by atoms with Gasteiger partial charge >= 0.3 is 0 Å². The van der Waals surface area contributed by atoms with E-state index in [9.17, 15) is 4.79 Å². The molecule has 1 saturated heterocycles. The number of amides is 1. The van der Waals surface area contributed by atoms with Crippen LogP contribution in [0.2, 0.25) is 0 Å². The van der Waals surface area contributed by atoms with Gasteiger partial charge in [0.05, 0.1) is 6.61 Å². The minimum Gasteiger partial charge on any atom is -0.478 e. The second-order valence-electron chi connectivity index (χ2n) is 6.18. The van der Waals surface area contributed by atoms with Crippen molar-refractivity contribution in [2.75, 3.05) is 37.7 Å². The highest BCUT2D eigenvalue weighted by Crippen LogP contribution is 2.16. The second kappa shape index (κ2) is 7.50. The summed E-state index contributed by atoms with van der Waals surface area (Å²) < 4.78 is 7.23. The van der Waals surface area contributed by atoms with Crippen molar-refractivity contribution >= 4 is 11.9 Å². The predicted octanol–water partition coefficient (Wildman–Crippen LogP) is 1.62. The molecule has 1 amide bonds. The van der Waals surface area contributed by atoms with Crippen LogP contribution in [0.3, 0.4) is 0 Å². The number of carbonyl (C=O) groups is 1. The highest BCUT2D eigenvalue weighted by Gasteiger charge is 2.25. The van der Waals surface area contributed by atoms with E-state index in [2.05, 4.69) is 20.0 Å². The standard InChI is InChI=1S/C17H24N6O2/c1-4-25-15-5-7-18-17(19-15)22-11-9-21(10-12-22)16(24)14-6-8-23(20-14)13(2)3/h5-8,13H,4,9-12H2,1-3H3. The van der Waals surface area contributed by atoms with E-state index in [4.69, 9.17) is 4.74 Å². The third kappa shape index (κ3) is 3.89. The normalized spacial score (nSPS) is 14.9. The maximum Gasteiger partial charge on any atom is 0.274 e. The summed E-state index contributed by atoms with van der Waals surface area (Å²) in [6.07, 6.45) is 3.55. The number of piperazine rings is 1. The molecule has 1 fully saturated rings. The molecule has 2 aromatic rings. The molecule has 8 heteroatoms. The van der Waals surface area contributed by atoms with Crippen LogP contribution in [-0.2, 0) is 0 Å². The Balaban J connectivity index is 1.61. The van der Waals surface area contributed by atoms with Crippen LogP contribution in [0.25, 0.3) is 0 Å². The van der Waals surface area contributed by atoms with E-state index >= 15 is 0 Å². The summed E-state index contributed by atoms with van der Waals surface area (Å²) in [5.74, 6) is 1.19. The van der Waals surface area contributed by atoms with Gasteiger partial charge in [0.2, 0.25) is 11.8 Å². The van der Waals surface area contributed by atoms with Crippen molar-refractivity contribution in [3.8, 4) is 5.88 Å². The lowest BCUT2D eigenvalue weighted by Crippen LogP contribution is -2.49. The minimum absolute atomic E-state index is 0.0250. The molecule has 0 unspecified atom stereocenters. The zero-order valence-corrected chi connectivity index (χ0v) is 14.9. The summed E-state index contributed by atoms with van der Waals surface area (Å²) in [6, 6.07) is 3.77. The zero-order valence-electron chi connectivity index (χ0n) is 14.9. The van der Waals surface area contributed by atoms with E-state index in [-0.39, 0.29) is 11.9 Å². The van der Waals surface area contributed by atoms with Crippen LogP contribution in [-0.4, -0.2) is 63.3 Å². The summed E-state index contributed by atoms with van der Waals surface area (Å²) in [4.78, 5) is 25.2. The van der Waals surface area contributed by atoms with Crippen LogP contribution in [0.1, 0.15) is 37.3 Å². The molecule has 0 N–H and O–H groups in total. The molecule has 0 saturated carbocycles. The third-order valence-electron chi connectivity index (χ3n) is 4.12. The van der Waals surface area contributed by atoms with Gasteiger partial charge in [-0.05, 0) is 26.8 Å². The molecule has 0 aliphatic carbocycles. The number of carbonyl (C=O) groups excluding carboxylic acids is 1. The van der Waals surface area contributed by atoms with Gasteiger partial charge in [0, 0.05) is 50.7 Å². The largest absolute Gasteiger partial charge is 0.478 e. The van der Waals surface area contributed by atoms with Gasteiger partial charge in [-0.1, -0.05) is 0 Å². The second-order valence-corrected chi connectivity index (χ2v) is 6.18. The average Bonchev–Trinajstić information content (AvgIpc) is 3.12. The van der Waals surface area contributed by atoms with Crippen molar-refractivity contribution in [3.05, 3.63) is 30.2 Å². The summed E-state index contributed by atoms with van der Waals surface area (Å²) in [5, 5.41) is 4.36. The Morgan fingerprint density at radius 1 is 1.24 bits per heavy atom. The van der Waals surface area contributed by atoms with Crippen LogP contribution in [0.15, 0.2) is 24.5 Å². The molecule has 3 heterocycles. The number of hydrogen-bond donors (Lipinski definition) is 0. The van der Waals surface area contributed by atoms with Crippen LogP contribution < -0.4 is 9.64 Å². The van der Waals surface area contributed by atoms with E-state index in [1.807, 2.05) is 31.9 Å². The number of aromatic nitrogens is 4. The van der Waals surface area contributed by atoms with Crippen LogP contribution in [0.5, 0.6) is 5.88 Å². The van der Waals surface area contributed by atoms with Crippen molar-refractivity contribution in [3.63, 3.8) is 0 Å². The van der Waals surface area contributed by atoms with Crippen molar-refractivity contribution in [1.82, 2.24) is 24.6 Å². The first kappa shape index (κ1) is 17.2. The molecule has 0 bridgehead atoms. The van der Waals surface area contributed by atoms with Crippen molar-refractivity contribution in [1.29, 1.82) is 0 Å². The van der Waals surface area contributed by atoms with Crippen molar-refractivity contribution < 1.29 is 9.53 Å². The maximum atomic E-state index is 12.6. The Bertz CT molecular complexity index is 721. The average molecular weight is 344 g/mol. The maximum absolute atomic E-state index is 12.6. The predicted molar refractivity (Wildman–Crippen MR) is 93.9 cm³/mol. The van der Waals surface area contributed by atoms with Crippen LogP contribution in [0, 0.1) is 0 Å². The van der Waals surface area contributed by atoms with E-state index in [1.165, 1.54) is 0 Å². The molecule has 0 atom stereocenters. The van der Waals surface area contributed by atoms with E-state index < -0.39 is 0 Å². The molecule has 2 aromatic heterocycles. The summed E-state index contributed by atoms with van der Waals surface area (Å²) in [7, 11) is 0. The Labute approximate surface area is 147 Å². The lowest BCUT2D eigenvalue weighted by atomic mass is 10.3. The van der Waals surface area contributed by atoms with E-state index in [1.54, 1.807) is 23.0 Å². The van der Waals surface area contributed by atoms with Gasteiger partial charge in [-0.2, -0.15) is 10.1 Å². The molecule has 0 aromatic carbocycles. The van der Waals surface area contributed by atoms with Gasteiger partial charge in [0.1, 0.15) is 5.69 Å². The topological polar surface area (TPSA) is 76.4 Å². The van der Waals surface area contributed by atoms with Crippen LogP contribution >= 0.6 is 0 Å². The van der Waals surface area contributed by atoms with Gasteiger partial charge in [-0.3, -0.25) is 9.48 Å². The molecule has 8 nitrogen and oxygen atoms in total. The molecule has 0 spiro atoms. The summed E-state index contributed by atoms with van der Waals surface area (Å²) in [5.41, 5.74) is 0.497. The zero-order chi connectivity index (χ0) is 17.8. The monoisotopic (exact) mass is 344 g/mol. The summed E-state index contributed by atoms with van der Waals surface area (Å²) in [6.45, 7) is 9.19. The van der Waals surface area contributed by atoms with Gasteiger partial charge in [0.15, 0.2) is 0 Å². The Morgan fingerprint density at radius 3 is 2.64 bits per heavy atom. The van der Waals surface area contributed by atoms with Crippen LogP contribution in [0.4, 0.5) is 5.95 Å². The summed E-state index contributed by atoms with van der Waals surface area (Å²) >= 11 is 0. The van der Waals surface area contributed by atoms with Gasteiger partial charge in [-0.15, -0.1) is 0 Å². The Morgan fingerprint density at radius 2 is 2.00 bits per heavy atom. The number of rotatable bonds is 5. The van der Waals surface area contributed by atoms with Gasteiger partial charge in [0.25, 0.3) is 5.91 Å². The van der Waals surface area contributed by atoms with Gasteiger partial charge < -0.3 is 14.5 Å². The van der Waals surface area contributed by atoms with Gasteiger partial charge in [-0.25, -0.2) is 4.98 Å². The molecule has 1 aliphatic rings. The first-order valence-electron chi connectivity index (χ1n) is 8.63. The quantitative estimate of drug-likeness (QED) is 0.820. The van der Waals surface area contributed by atoms with E-state index in [0.717, 1.165) is 0 Å². The minimum atomic E-state index is -0.0250. The fraction of sp³-hybridized carbons (Fsp3) is 0.529. The fourth-order valence-electron chi connectivity index (χ4n) is 2.72. The number of anilines is 1. The highest BCUT2D eigenvalue weighted by atomic mass is 16.5. The molecule has 1 aliphatic heterocycles. The first-order chi connectivity index (χ1) is 12.1. The third-order valence-corrected chi connectivity index (χ3v) is 4.12. The molecule has 3 rings (SSSR count). The Kier molecular flexibility index (Phi) is 5.16. The Hall–Kier alpha value is -2.64. The molecular formula is C17H24N6O2. The molecule has 134 valence electrons. The number of ether oxygens (including phenoxy) is 1. The highest BCUT2D eigenvalue weighted by molar-refractivity contribution is 5.92. The van der Waals surface area contributed by atoms with E-state index in [0.29, 0.717) is 50.3 Å². The number of nitrogens with zero attached hydrogens (tertiary/aromatic N) is 6. The number of hydrogen-bond acceptors (Lipinski definition) is 6. The first-order valence-corrected chi connectivity index (χ1v) is 8.63. The van der Waals surface area contributed by atoms with Crippen molar-refractivity contribution in [2.45, 2.75) is 26.8 Å². The fourth-order valence-corrected chi connectivity index (χ4v) is 2.72. The smallest absolute Gasteiger partial charge is 0.274 e. The van der Waals surface area contributed by atoms with Crippen molar-refractivity contribution in [2.24, 2.45) is 0 Å². The SMILES string of the molecule is CCOc1ccnc(N2CCN(C(=O)c3ccn(C(C)C)n3)CC2)n1.